The van der Waals surface area contributed by atoms with Gasteiger partial charge in [-0.1, -0.05) is 12.1 Å². The summed E-state index contributed by atoms with van der Waals surface area (Å²) >= 11 is 3.44. The Labute approximate surface area is 115 Å². The lowest BCUT2D eigenvalue weighted by atomic mass is 10.1. The van der Waals surface area contributed by atoms with Crippen LogP contribution in [-0.4, -0.2) is 26.5 Å². The smallest absolute Gasteiger partial charge is 0.153 e. The third kappa shape index (κ3) is 2.59. The average Bonchev–Trinajstić information content (AvgIpc) is 2.67. The number of rotatable bonds is 4. The highest BCUT2D eigenvalue weighted by Gasteiger charge is 2.22. The fourth-order valence-electron chi connectivity index (χ4n) is 1.91. The van der Waals surface area contributed by atoms with Crippen molar-refractivity contribution in [3.8, 4) is 0 Å². The number of aryl methyl sites for hydroxylation is 2. The van der Waals surface area contributed by atoms with E-state index in [0.717, 1.165) is 22.5 Å². The van der Waals surface area contributed by atoms with Crippen LogP contribution < -0.4 is 5.32 Å². The van der Waals surface area contributed by atoms with Crippen molar-refractivity contribution in [3.05, 3.63) is 39.9 Å². The predicted octanol–water partition coefficient (Wildman–Crippen LogP) is 1.98. The van der Waals surface area contributed by atoms with Crippen molar-refractivity contribution < 1.29 is 0 Å². The molecule has 0 radical (unpaired) electrons. The topological polar surface area (TPSA) is 55.6 Å². The second-order valence-corrected chi connectivity index (χ2v) is 4.89. The molecule has 2 heterocycles. The van der Waals surface area contributed by atoms with E-state index in [1.165, 1.54) is 5.56 Å². The van der Waals surface area contributed by atoms with E-state index in [2.05, 4.69) is 56.5 Å². The first kappa shape index (κ1) is 13.2. The van der Waals surface area contributed by atoms with Gasteiger partial charge in [0.25, 0.3) is 0 Å². The summed E-state index contributed by atoms with van der Waals surface area (Å²) in [5.74, 6) is 0. The van der Waals surface area contributed by atoms with E-state index in [1.54, 1.807) is 4.68 Å². The van der Waals surface area contributed by atoms with Crippen molar-refractivity contribution >= 4 is 15.9 Å². The molecule has 96 valence electrons. The van der Waals surface area contributed by atoms with Gasteiger partial charge in [-0.25, -0.2) is 4.68 Å². The SMILES string of the molecule is CCNC(c1cc(C)ccn1)c1c(Br)nnn1C. The largest absolute Gasteiger partial charge is 0.304 e. The molecule has 0 aliphatic rings. The molecular weight excluding hydrogens is 294 g/mol. The third-order valence-corrected chi connectivity index (χ3v) is 3.31. The van der Waals surface area contributed by atoms with Crippen molar-refractivity contribution in [3.63, 3.8) is 0 Å². The van der Waals surface area contributed by atoms with Gasteiger partial charge in [0.15, 0.2) is 4.60 Å². The molecule has 2 aromatic heterocycles. The molecule has 2 rings (SSSR count). The molecule has 1 N–H and O–H groups in total. The van der Waals surface area contributed by atoms with Crippen molar-refractivity contribution in [2.45, 2.75) is 19.9 Å². The molecule has 0 bridgehead atoms. The molecule has 0 saturated carbocycles. The fourth-order valence-corrected chi connectivity index (χ4v) is 2.46. The zero-order chi connectivity index (χ0) is 13.1. The van der Waals surface area contributed by atoms with Crippen LogP contribution in [0, 0.1) is 6.92 Å². The van der Waals surface area contributed by atoms with Crippen molar-refractivity contribution in [2.75, 3.05) is 6.54 Å². The maximum atomic E-state index is 4.44. The van der Waals surface area contributed by atoms with Gasteiger partial charge in [-0.2, -0.15) is 0 Å². The summed E-state index contributed by atoms with van der Waals surface area (Å²) in [5, 5.41) is 11.5. The number of nitrogens with one attached hydrogen (secondary N) is 1. The highest BCUT2D eigenvalue weighted by molar-refractivity contribution is 9.10. The summed E-state index contributed by atoms with van der Waals surface area (Å²) in [6.45, 7) is 4.98. The predicted molar refractivity (Wildman–Crippen MR) is 73.2 cm³/mol. The molecule has 18 heavy (non-hydrogen) atoms. The van der Waals surface area contributed by atoms with E-state index in [9.17, 15) is 0 Å². The van der Waals surface area contributed by atoms with Crippen LogP contribution in [-0.2, 0) is 7.05 Å². The zero-order valence-electron chi connectivity index (χ0n) is 10.7. The van der Waals surface area contributed by atoms with Gasteiger partial charge >= 0.3 is 0 Å². The second-order valence-electron chi connectivity index (χ2n) is 4.14. The molecular formula is C12H16BrN5. The van der Waals surface area contributed by atoms with Crippen molar-refractivity contribution in [1.82, 2.24) is 25.3 Å². The summed E-state index contributed by atoms with van der Waals surface area (Å²) in [4.78, 5) is 4.44. The Morgan fingerprint density at radius 3 is 2.83 bits per heavy atom. The van der Waals surface area contributed by atoms with Gasteiger partial charge < -0.3 is 5.32 Å². The number of hydrogen-bond donors (Lipinski definition) is 1. The molecule has 1 unspecified atom stereocenters. The molecule has 0 fully saturated rings. The number of aromatic nitrogens is 4. The van der Waals surface area contributed by atoms with Crippen LogP contribution in [0.15, 0.2) is 22.9 Å². The van der Waals surface area contributed by atoms with Gasteiger partial charge in [0.05, 0.1) is 17.4 Å². The van der Waals surface area contributed by atoms with E-state index >= 15 is 0 Å². The lowest BCUT2D eigenvalue weighted by molar-refractivity contribution is 0.556. The minimum atomic E-state index is -0.00993. The van der Waals surface area contributed by atoms with E-state index in [4.69, 9.17) is 0 Å². The highest BCUT2D eigenvalue weighted by atomic mass is 79.9. The number of nitrogens with zero attached hydrogens (tertiary/aromatic N) is 4. The highest BCUT2D eigenvalue weighted by Crippen LogP contribution is 2.25. The van der Waals surface area contributed by atoms with Gasteiger partial charge in [-0.15, -0.1) is 5.10 Å². The summed E-state index contributed by atoms with van der Waals surface area (Å²) in [7, 11) is 1.88. The van der Waals surface area contributed by atoms with E-state index < -0.39 is 0 Å². The Morgan fingerprint density at radius 1 is 1.50 bits per heavy atom. The van der Waals surface area contributed by atoms with Gasteiger partial charge in [-0.3, -0.25) is 4.98 Å². The maximum Gasteiger partial charge on any atom is 0.153 e. The summed E-state index contributed by atoms with van der Waals surface area (Å²) in [6, 6.07) is 4.06. The van der Waals surface area contributed by atoms with E-state index in [-0.39, 0.29) is 6.04 Å². The summed E-state index contributed by atoms with van der Waals surface area (Å²) in [5.41, 5.74) is 3.15. The Kier molecular flexibility index (Phi) is 4.08. The van der Waals surface area contributed by atoms with Crippen LogP contribution in [0.25, 0.3) is 0 Å². The monoisotopic (exact) mass is 309 g/mol. The Balaban J connectivity index is 2.46. The Bertz CT molecular complexity index is 518. The normalized spacial score (nSPS) is 12.7. The van der Waals surface area contributed by atoms with E-state index in [1.807, 2.05) is 19.3 Å². The standard InChI is InChI=1S/C12H16BrN5/c1-4-14-10(9-7-8(2)5-6-15-9)11-12(13)16-17-18(11)3/h5-7,10,14H,4H2,1-3H3. The molecule has 0 saturated heterocycles. The average molecular weight is 310 g/mol. The third-order valence-electron chi connectivity index (χ3n) is 2.74. The Hall–Kier alpha value is -1.27. The number of pyridine rings is 1. The number of hydrogen-bond acceptors (Lipinski definition) is 4. The first-order valence-corrected chi connectivity index (χ1v) is 6.63. The van der Waals surface area contributed by atoms with Gasteiger partial charge in [0.2, 0.25) is 0 Å². The minimum Gasteiger partial charge on any atom is -0.304 e. The fraction of sp³-hybridized carbons (Fsp3) is 0.417. The van der Waals surface area contributed by atoms with Gasteiger partial charge in [-0.05, 0) is 47.1 Å². The number of halogens is 1. The van der Waals surface area contributed by atoms with Crippen molar-refractivity contribution in [2.24, 2.45) is 7.05 Å². The zero-order valence-corrected chi connectivity index (χ0v) is 12.3. The molecule has 2 aromatic rings. The lowest BCUT2D eigenvalue weighted by Gasteiger charge is -2.18. The van der Waals surface area contributed by atoms with Gasteiger partial charge in [0.1, 0.15) is 0 Å². The van der Waals surface area contributed by atoms with Crippen LogP contribution in [0.5, 0.6) is 0 Å². The molecule has 6 heteroatoms. The van der Waals surface area contributed by atoms with Crippen LogP contribution in [0.1, 0.15) is 29.9 Å². The molecule has 5 nitrogen and oxygen atoms in total. The van der Waals surface area contributed by atoms with Crippen LogP contribution in [0.3, 0.4) is 0 Å². The van der Waals surface area contributed by atoms with Crippen molar-refractivity contribution in [1.29, 1.82) is 0 Å². The van der Waals surface area contributed by atoms with E-state index in [0.29, 0.717) is 0 Å². The maximum absolute atomic E-state index is 4.44. The minimum absolute atomic E-state index is 0.00993. The summed E-state index contributed by atoms with van der Waals surface area (Å²) < 4.78 is 2.51. The molecule has 0 aliphatic carbocycles. The first-order valence-electron chi connectivity index (χ1n) is 5.84. The molecule has 0 spiro atoms. The molecule has 0 amide bonds. The van der Waals surface area contributed by atoms with Crippen LogP contribution in [0.2, 0.25) is 0 Å². The first-order chi connectivity index (χ1) is 8.63. The molecule has 0 aliphatic heterocycles. The quantitative estimate of drug-likeness (QED) is 0.938. The van der Waals surface area contributed by atoms with Crippen LogP contribution in [0.4, 0.5) is 0 Å². The lowest BCUT2D eigenvalue weighted by Crippen LogP contribution is -2.25. The Morgan fingerprint density at radius 2 is 2.28 bits per heavy atom. The van der Waals surface area contributed by atoms with Crippen LogP contribution >= 0.6 is 15.9 Å². The second kappa shape index (κ2) is 5.58. The summed E-state index contributed by atoms with van der Waals surface area (Å²) in [6.07, 6.45) is 1.83. The molecule has 0 aromatic carbocycles. The molecule has 1 atom stereocenters. The van der Waals surface area contributed by atoms with Gasteiger partial charge in [0, 0.05) is 13.2 Å².